The predicted molar refractivity (Wildman–Crippen MR) is 112 cm³/mol. The number of carbonyl (C=O) groups is 1. The standard InChI is InChI=1S/C21H21ClFN3O3/c1-12(27)11-26(21(29)25-14-7-8-19(23)18(22)9-14)13(2)17-10-24-20(28)16-6-4-3-5-15(16)17/h3-10,12-13,27H,11H2,1-2H3,(H,24,28)(H,25,29)/t12-,13-/m0/s1. The van der Waals surface area contributed by atoms with E-state index in [0.717, 1.165) is 17.0 Å². The van der Waals surface area contributed by atoms with Crippen molar-refractivity contribution < 1.29 is 14.3 Å². The molecule has 0 aliphatic carbocycles. The van der Waals surface area contributed by atoms with Crippen molar-refractivity contribution in [1.29, 1.82) is 0 Å². The molecule has 1 heterocycles. The number of fused-ring (bicyclic) bond motifs is 1. The summed E-state index contributed by atoms with van der Waals surface area (Å²) < 4.78 is 13.4. The van der Waals surface area contributed by atoms with Crippen molar-refractivity contribution in [3.8, 4) is 0 Å². The van der Waals surface area contributed by atoms with Gasteiger partial charge in [-0.3, -0.25) is 4.79 Å². The third kappa shape index (κ3) is 4.58. The highest BCUT2D eigenvalue weighted by molar-refractivity contribution is 6.31. The molecule has 0 saturated carbocycles. The Morgan fingerprint density at radius 3 is 2.59 bits per heavy atom. The summed E-state index contributed by atoms with van der Waals surface area (Å²) in [7, 11) is 0. The molecule has 2 amide bonds. The number of carbonyl (C=O) groups excluding carboxylic acids is 1. The van der Waals surface area contributed by atoms with Crippen molar-refractivity contribution in [2.24, 2.45) is 0 Å². The normalized spacial score (nSPS) is 13.1. The van der Waals surface area contributed by atoms with E-state index >= 15 is 0 Å². The molecule has 0 bridgehead atoms. The molecular formula is C21H21ClFN3O3. The number of halogens is 2. The van der Waals surface area contributed by atoms with Gasteiger partial charge in [0.2, 0.25) is 0 Å². The van der Waals surface area contributed by atoms with Gasteiger partial charge in [-0.2, -0.15) is 0 Å². The monoisotopic (exact) mass is 417 g/mol. The van der Waals surface area contributed by atoms with Crippen molar-refractivity contribution in [2.75, 3.05) is 11.9 Å². The summed E-state index contributed by atoms with van der Waals surface area (Å²) in [5.74, 6) is -0.585. The Labute approximate surface area is 171 Å². The Hall–Kier alpha value is -2.90. The smallest absolute Gasteiger partial charge is 0.322 e. The van der Waals surface area contributed by atoms with Crippen LogP contribution in [-0.4, -0.2) is 33.7 Å². The summed E-state index contributed by atoms with van der Waals surface area (Å²) in [5, 5.41) is 13.7. The summed E-state index contributed by atoms with van der Waals surface area (Å²) in [4.78, 5) is 29.2. The van der Waals surface area contributed by atoms with Crippen molar-refractivity contribution >= 4 is 34.1 Å². The number of aromatic nitrogens is 1. The van der Waals surface area contributed by atoms with Gasteiger partial charge in [-0.05, 0) is 49.1 Å². The molecule has 29 heavy (non-hydrogen) atoms. The predicted octanol–water partition coefficient (Wildman–Crippen LogP) is 4.30. The topological polar surface area (TPSA) is 85.4 Å². The lowest BCUT2D eigenvalue weighted by Crippen LogP contribution is -2.41. The largest absolute Gasteiger partial charge is 0.392 e. The summed E-state index contributed by atoms with van der Waals surface area (Å²) in [6, 6.07) is 10.0. The summed E-state index contributed by atoms with van der Waals surface area (Å²) in [6.07, 6.45) is 0.793. The molecule has 2 aromatic carbocycles. The number of pyridine rings is 1. The van der Waals surface area contributed by atoms with Crippen molar-refractivity contribution in [3.63, 3.8) is 0 Å². The van der Waals surface area contributed by atoms with Crippen LogP contribution in [0.15, 0.2) is 53.5 Å². The number of aliphatic hydroxyl groups is 1. The van der Waals surface area contributed by atoms with Gasteiger partial charge in [0.25, 0.3) is 5.56 Å². The third-order valence-corrected chi connectivity index (χ3v) is 4.94. The molecule has 0 unspecified atom stereocenters. The average molecular weight is 418 g/mol. The van der Waals surface area contributed by atoms with Crippen LogP contribution in [0, 0.1) is 5.82 Å². The second-order valence-electron chi connectivity index (χ2n) is 6.86. The lowest BCUT2D eigenvalue weighted by molar-refractivity contribution is 0.121. The molecule has 3 rings (SSSR count). The number of urea groups is 1. The Morgan fingerprint density at radius 2 is 1.93 bits per heavy atom. The Kier molecular flexibility index (Phi) is 6.20. The number of nitrogens with zero attached hydrogens (tertiary/aromatic N) is 1. The van der Waals surface area contributed by atoms with Crippen LogP contribution in [0.2, 0.25) is 5.02 Å². The lowest BCUT2D eigenvalue weighted by atomic mass is 10.0. The molecular weight excluding hydrogens is 397 g/mol. The minimum absolute atomic E-state index is 0.0510. The van der Waals surface area contributed by atoms with Gasteiger partial charge in [-0.25, -0.2) is 9.18 Å². The van der Waals surface area contributed by atoms with Crippen LogP contribution >= 0.6 is 11.6 Å². The summed E-state index contributed by atoms with van der Waals surface area (Å²) in [5.41, 5.74) is 0.840. The van der Waals surface area contributed by atoms with Crippen LogP contribution in [0.5, 0.6) is 0 Å². The van der Waals surface area contributed by atoms with Gasteiger partial charge in [-0.1, -0.05) is 29.8 Å². The number of aromatic amines is 1. The number of benzene rings is 2. The first-order chi connectivity index (χ1) is 13.8. The van der Waals surface area contributed by atoms with Crippen LogP contribution in [-0.2, 0) is 0 Å². The van der Waals surface area contributed by atoms with E-state index < -0.39 is 24.0 Å². The molecule has 0 spiro atoms. The maximum atomic E-state index is 13.4. The second-order valence-corrected chi connectivity index (χ2v) is 7.26. The maximum absolute atomic E-state index is 13.4. The van der Waals surface area contributed by atoms with E-state index in [1.54, 1.807) is 32.2 Å². The van der Waals surface area contributed by atoms with E-state index in [1.165, 1.54) is 17.0 Å². The van der Waals surface area contributed by atoms with Crippen molar-refractivity contribution in [3.05, 3.63) is 75.4 Å². The molecule has 3 N–H and O–H groups in total. The Bertz CT molecular complexity index is 1100. The number of rotatable bonds is 5. The van der Waals surface area contributed by atoms with Gasteiger partial charge in [0.05, 0.1) is 17.2 Å². The molecule has 6 nitrogen and oxygen atoms in total. The number of anilines is 1. The first kappa shape index (κ1) is 20.8. The van der Waals surface area contributed by atoms with E-state index in [-0.39, 0.29) is 17.1 Å². The van der Waals surface area contributed by atoms with Crippen LogP contribution in [0.1, 0.15) is 25.5 Å². The van der Waals surface area contributed by atoms with Gasteiger partial charge >= 0.3 is 6.03 Å². The number of hydrogen-bond acceptors (Lipinski definition) is 3. The zero-order chi connectivity index (χ0) is 21.1. The minimum atomic E-state index is -0.783. The van der Waals surface area contributed by atoms with Crippen LogP contribution in [0.4, 0.5) is 14.9 Å². The molecule has 0 fully saturated rings. The average Bonchev–Trinajstić information content (AvgIpc) is 2.69. The van der Waals surface area contributed by atoms with E-state index in [0.29, 0.717) is 11.1 Å². The zero-order valence-corrected chi connectivity index (χ0v) is 16.7. The molecule has 8 heteroatoms. The van der Waals surface area contributed by atoms with Crippen molar-refractivity contribution in [2.45, 2.75) is 26.0 Å². The van der Waals surface area contributed by atoms with Gasteiger partial charge in [0, 0.05) is 23.8 Å². The highest BCUT2D eigenvalue weighted by Crippen LogP contribution is 2.27. The van der Waals surface area contributed by atoms with Gasteiger partial charge in [-0.15, -0.1) is 0 Å². The highest BCUT2D eigenvalue weighted by Gasteiger charge is 2.25. The lowest BCUT2D eigenvalue weighted by Gasteiger charge is -2.31. The van der Waals surface area contributed by atoms with E-state index in [9.17, 15) is 19.1 Å². The Morgan fingerprint density at radius 1 is 1.24 bits per heavy atom. The number of hydrogen-bond donors (Lipinski definition) is 3. The first-order valence-electron chi connectivity index (χ1n) is 9.09. The molecule has 2 atom stereocenters. The summed E-state index contributed by atoms with van der Waals surface area (Å²) >= 11 is 5.79. The fraction of sp³-hybridized carbons (Fsp3) is 0.238. The highest BCUT2D eigenvalue weighted by atomic mass is 35.5. The second kappa shape index (κ2) is 8.63. The van der Waals surface area contributed by atoms with Crippen LogP contribution in [0.3, 0.4) is 0 Å². The first-order valence-corrected chi connectivity index (χ1v) is 9.46. The van der Waals surface area contributed by atoms with E-state index in [4.69, 9.17) is 11.6 Å². The summed E-state index contributed by atoms with van der Waals surface area (Å²) in [6.45, 7) is 3.43. The number of H-pyrrole nitrogens is 1. The number of amides is 2. The van der Waals surface area contributed by atoms with E-state index in [2.05, 4.69) is 10.3 Å². The Balaban J connectivity index is 1.96. The number of nitrogens with one attached hydrogen (secondary N) is 2. The fourth-order valence-electron chi connectivity index (χ4n) is 3.22. The third-order valence-electron chi connectivity index (χ3n) is 4.65. The molecule has 0 aliphatic heterocycles. The molecule has 0 aliphatic rings. The van der Waals surface area contributed by atoms with Crippen LogP contribution < -0.4 is 10.9 Å². The SMILES string of the molecule is C[C@H](O)CN(C(=O)Nc1ccc(F)c(Cl)c1)[C@@H](C)c1c[nH]c(=O)c2ccccc12. The van der Waals surface area contributed by atoms with Gasteiger partial charge in [0.1, 0.15) is 5.82 Å². The minimum Gasteiger partial charge on any atom is -0.392 e. The van der Waals surface area contributed by atoms with Crippen LogP contribution in [0.25, 0.3) is 10.8 Å². The van der Waals surface area contributed by atoms with E-state index in [1.807, 2.05) is 12.1 Å². The molecule has 1 aromatic heterocycles. The van der Waals surface area contributed by atoms with Gasteiger partial charge < -0.3 is 20.3 Å². The molecule has 0 radical (unpaired) electrons. The molecule has 152 valence electrons. The quantitative estimate of drug-likeness (QED) is 0.578. The maximum Gasteiger partial charge on any atom is 0.322 e. The molecule has 3 aromatic rings. The molecule has 0 saturated heterocycles. The van der Waals surface area contributed by atoms with Crippen molar-refractivity contribution in [1.82, 2.24) is 9.88 Å². The zero-order valence-electron chi connectivity index (χ0n) is 15.9. The van der Waals surface area contributed by atoms with Gasteiger partial charge in [0.15, 0.2) is 0 Å². The number of aliphatic hydroxyl groups excluding tert-OH is 1. The fourth-order valence-corrected chi connectivity index (χ4v) is 3.40.